The highest BCUT2D eigenvalue weighted by molar-refractivity contribution is 5.94. The highest BCUT2D eigenvalue weighted by atomic mass is 19.4. The van der Waals surface area contributed by atoms with E-state index in [0.29, 0.717) is 0 Å². The molecule has 0 fully saturated rings. The molecule has 0 aromatic carbocycles. The number of carbonyl (C=O) groups excluding carboxylic acids is 1. The van der Waals surface area contributed by atoms with Gasteiger partial charge in [0.05, 0.1) is 6.61 Å². The number of nitrogens with zero attached hydrogens (tertiary/aromatic N) is 1. The van der Waals surface area contributed by atoms with E-state index in [1.54, 1.807) is 20.8 Å². The second-order valence-corrected chi connectivity index (χ2v) is 4.23. The average Bonchev–Trinajstić information content (AvgIpc) is 2.27. The summed E-state index contributed by atoms with van der Waals surface area (Å²) in [5.74, 6) is -1.70. The van der Waals surface area contributed by atoms with Crippen molar-refractivity contribution in [1.82, 2.24) is 4.98 Å². The van der Waals surface area contributed by atoms with E-state index in [9.17, 15) is 18.0 Å². The first kappa shape index (κ1) is 15.3. The number of nitrogen functional groups attached to an aromatic ring is 1. The molecule has 0 aliphatic carbocycles. The van der Waals surface area contributed by atoms with Crippen LogP contribution in [0.25, 0.3) is 0 Å². The first-order valence-electron chi connectivity index (χ1n) is 5.73. The van der Waals surface area contributed by atoms with E-state index in [4.69, 9.17) is 10.5 Å². The van der Waals surface area contributed by atoms with Crippen LogP contribution < -0.4 is 5.73 Å². The first-order valence-corrected chi connectivity index (χ1v) is 5.73. The topological polar surface area (TPSA) is 65.2 Å². The Hall–Kier alpha value is -1.79. The second-order valence-electron chi connectivity index (χ2n) is 4.23. The quantitative estimate of drug-likeness (QED) is 0.862. The van der Waals surface area contributed by atoms with Crippen LogP contribution in [-0.2, 0) is 10.9 Å². The minimum Gasteiger partial charge on any atom is -0.462 e. The maximum absolute atomic E-state index is 12.8. The van der Waals surface area contributed by atoms with E-state index in [1.165, 1.54) is 0 Å². The zero-order valence-corrected chi connectivity index (χ0v) is 10.8. The fourth-order valence-electron chi connectivity index (χ4n) is 1.58. The van der Waals surface area contributed by atoms with Crippen LogP contribution in [-0.4, -0.2) is 17.6 Å². The number of hydrogen-bond acceptors (Lipinski definition) is 4. The molecule has 0 unspecified atom stereocenters. The van der Waals surface area contributed by atoms with Gasteiger partial charge in [-0.15, -0.1) is 0 Å². The fraction of sp³-hybridized carbons (Fsp3) is 0.500. The molecule has 106 valence electrons. The third kappa shape index (κ3) is 3.36. The van der Waals surface area contributed by atoms with Crippen molar-refractivity contribution in [1.29, 1.82) is 0 Å². The number of halogens is 3. The fourth-order valence-corrected chi connectivity index (χ4v) is 1.58. The van der Waals surface area contributed by atoms with Gasteiger partial charge in [0.2, 0.25) is 0 Å². The van der Waals surface area contributed by atoms with E-state index in [-0.39, 0.29) is 17.7 Å². The summed E-state index contributed by atoms with van der Waals surface area (Å²) in [6.45, 7) is 4.86. The van der Waals surface area contributed by atoms with Gasteiger partial charge in [0.1, 0.15) is 17.1 Å². The van der Waals surface area contributed by atoms with Gasteiger partial charge in [0, 0.05) is 0 Å². The molecular formula is C12H15F3N2O2. The molecule has 0 amide bonds. The molecule has 0 radical (unpaired) electrons. The highest BCUT2D eigenvalue weighted by Crippen LogP contribution is 2.35. The lowest BCUT2D eigenvalue weighted by molar-refractivity contribution is -0.141. The van der Waals surface area contributed by atoms with Crippen LogP contribution in [0.3, 0.4) is 0 Å². The molecule has 1 rings (SSSR count). The Bertz CT molecular complexity index is 485. The third-order valence-electron chi connectivity index (χ3n) is 2.47. The van der Waals surface area contributed by atoms with E-state index < -0.39 is 29.6 Å². The molecule has 0 aliphatic rings. The third-order valence-corrected chi connectivity index (χ3v) is 2.47. The molecule has 4 nitrogen and oxygen atoms in total. The lowest BCUT2D eigenvalue weighted by Crippen LogP contribution is -2.18. The van der Waals surface area contributed by atoms with Crippen molar-refractivity contribution in [3.05, 3.63) is 22.9 Å². The van der Waals surface area contributed by atoms with E-state index >= 15 is 0 Å². The number of esters is 1. The largest absolute Gasteiger partial charge is 0.462 e. The summed E-state index contributed by atoms with van der Waals surface area (Å²) in [7, 11) is 0. The Morgan fingerprint density at radius 2 is 2.05 bits per heavy atom. The molecule has 1 aromatic rings. The molecule has 1 heterocycles. The minimum absolute atomic E-state index is 0.0789. The van der Waals surface area contributed by atoms with Gasteiger partial charge in [-0.05, 0) is 24.5 Å². The number of aromatic nitrogens is 1. The molecule has 7 heteroatoms. The Balaban J connectivity index is 3.41. The molecule has 0 spiro atoms. The number of nitrogens with two attached hydrogens (primary N) is 1. The van der Waals surface area contributed by atoms with Gasteiger partial charge < -0.3 is 10.5 Å². The van der Waals surface area contributed by atoms with Crippen LogP contribution in [0.5, 0.6) is 0 Å². The van der Waals surface area contributed by atoms with Crippen LogP contribution in [0.4, 0.5) is 19.0 Å². The molecule has 19 heavy (non-hydrogen) atoms. The molecule has 2 N–H and O–H groups in total. The van der Waals surface area contributed by atoms with Gasteiger partial charge in [0.15, 0.2) is 0 Å². The number of alkyl halides is 3. The molecule has 0 aliphatic heterocycles. The van der Waals surface area contributed by atoms with Crippen molar-refractivity contribution < 1.29 is 22.7 Å². The van der Waals surface area contributed by atoms with Crippen molar-refractivity contribution in [3.8, 4) is 0 Å². The minimum atomic E-state index is -4.61. The van der Waals surface area contributed by atoms with Crippen LogP contribution in [0.15, 0.2) is 6.07 Å². The van der Waals surface area contributed by atoms with E-state index in [2.05, 4.69) is 4.98 Å². The molecule has 0 bridgehead atoms. The van der Waals surface area contributed by atoms with Crippen molar-refractivity contribution in [2.45, 2.75) is 32.9 Å². The Labute approximate surface area is 108 Å². The van der Waals surface area contributed by atoms with Gasteiger partial charge in [0.25, 0.3) is 0 Å². The maximum Gasteiger partial charge on any atom is 0.433 e. The summed E-state index contributed by atoms with van der Waals surface area (Å²) in [4.78, 5) is 14.9. The van der Waals surface area contributed by atoms with Gasteiger partial charge in [-0.25, -0.2) is 9.78 Å². The Kier molecular flexibility index (Phi) is 4.39. The summed E-state index contributed by atoms with van der Waals surface area (Å²) in [6, 6.07) is 1.10. The zero-order valence-electron chi connectivity index (χ0n) is 10.8. The lowest BCUT2D eigenvalue weighted by Gasteiger charge is -2.16. The zero-order chi connectivity index (χ0) is 14.8. The summed E-state index contributed by atoms with van der Waals surface area (Å²) < 4.78 is 43.2. The van der Waals surface area contributed by atoms with Gasteiger partial charge in [-0.1, -0.05) is 13.8 Å². The molecule has 0 saturated carbocycles. The predicted octanol–water partition coefficient (Wildman–Crippen LogP) is 2.98. The Morgan fingerprint density at radius 3 is 2.47 bits per heavy atom. The predicted molar refractivity (Wildman–Crippen MR) is 63.7 cm³/mol. The summed E-state index contributed by atoms with van der Waals surface area (Å²) in [6.07, 6.45) is -4.61. The van der Waals surface area contributed by atoms with Gasteiger partial charge >= 0.3 is 12.1 Å². The van der Waals surface area contributed by atoms with Crippen LogP contribution in [0.2, 0.25) is 0 Å². The van der Waals surface area contributed by atoms with Gasteiger partial charge in [-0.2, -0.15) is 13.2 Å². The van der Waals surface area contributed by atoms with Crippen LogP contribution in [0, 0.1) is 0 Å². The van der Waals surface area contributed by atoms with Crippen molar-refractivity contribution >= 4 is 11.8 Å². The van der Waals surface area contributed by atoms with Crippen molar-refractivity contribution in [3.63, 3.8) is 0 Å². The van der Waals surface area contributed by atoms with Crippen LogP contribution >= 0.6 is 0 Å². The average molecular weight is 276 g/mol. The monoisotopic (exact) mass is 276 g/mol. The maximum atomic E-state index is 12.8. The smallest absolute Gasteiger partial charge is 0.433 e. The van der Waals surface area contributed by atoms with Gasteiger partial charge in [-0.3, -0.25) is 0 Å². The number of carbonyl (C=O) groups is 1. The van der Waals surface area contributed by atoms with Crippen molar-refractivity contribution in [2.75, 3.05) is 12.3 Å². The number of anilines is 1. The summed E-state index contributed by atoms with van der Waals surface area (Å²) in [5, 5.41) is 0. The molecule has 1 aromatic heterocycles. The number of pyridine rings is 1. The standard InChI is InChI=1S/C12H15F3N2O2/c1-4-19-11(18)8-5-7(6(2)3)9(12(13,14)15)17-10(8)16/h5-6H,4H2,1-3H3,(H2,16,17). The first-order chi connectivity index (χ1) is 8.68. The number of ether oxygens (including phenoxy) is 1. The number of rotatable bonds is 3. The van der Waals surface area contributed by atoms with Crippen molar-refractivity contribution in [2.24, 2.45) is 0 Å². The summed E-state index contributed by atoms with van der Waals surface area (Å²) in [5.41, 5.74) is 4.13. The lowest BCUT2D eigenvalue weighted by atomic mass is 9.98. The SMILES string of the molecule is CCOC(=O)c1cc(C(C)C)c(C(F)(F)F)nc1N. The number of hydrogen-bond donors (Lipinski definition) is 1. The highest BCUT2D eigenvalue weighted by Gasteiger charge is 2.37. The second kappa shape index (κ2) is 5.46. The molecule has 0 saturated heterocycles. The van der Waals surface area contributed by atoms with E-state index in [1.807, 2.05) is 0 Å². The van der Waals surface area contributed by atoms with Crippen LogP contribution in [0.1, 0.15) is 48.3 Å². The molecular weight excluding hydrogens is 261 g/mol. The van der Waals surface area contributed by atoms with E-state index in [0.717, 1.165) is 6.07 Å². The molecule has 0 atom stereocenters. The normalized spacial score (nSPS) is 11.7. The summed E-state index contributed by atoms with van der Waals surface area (Å²) >= 11 is 0. The Morgan fingerprint density at radius 1 is 1.47 bits per heavy atom.